The molecule has 0 saturated heterocycles. The molecule has 4 aromatic carbocycles. The van der Waals surface area contributed by atoms with Crippen molar-refractivity contribution in [3.63, 3.8) is 0 Å². The Labute approximate surface area is 214 Å². The minimum absolute atomic E-state index is 0.0267. The molecule has 0 spiro atoms. The fourth-order valence-electron chi connectivity index (χ4n) is 3.45. The van der Waals surface area contributed by atoms with E-state index in [4.69, 9.17) is 11.6 Å². The van der Waals surface area contributed by atoms with E-state index in [2.05, 4.69) is 10.0 Å². The SMILES string of the molecule is Cc1ccc(NS(=O)(=O)c2cc(C(=O)Nc3ccccc3Sc3ccccc3)ccc2Cl)c(C)c1. The van der Waals surface area contributed by atoms with Crippen molar-refractivity contribution in [2.75, 3.05) is 10.0 Å². The van der Waals surface area contributed by atoms with Crippen LogP contribution in [-0.2, 0) is 10.0 Å². The van der Waals surface area contributed by atoms with E-state index < -0.39 is 15.9 Å². The van der Waals surface area contributed by atoms with Crippen LogP contribution in [0.1, 0.15) is 21.5 Å². The lowest BCUT2D eigenvalue weighted by Gasteiger charge is -2.14. The molecule has 2 N–H and O–H groups in total. The Balaban J connectivity index is 1.59. The number of halogens is 1. The Kier molecular flexibility index (Phi) is 7.50. The van der Waals surface area contributed by atoms with Gasteiger partial charge < -0.3 is 5.32 Å². The lowest BCUT2D eigenvalue weighted by Crippen LogP contribution is -2.17. The largest absolute Gasteiger partial charge is 0.321 e. The van der Waals surface area contributed by atoms with Crippen LogP contribution in [0.5, 0.6) is 0 Å². The normalized spacial score (nSPS) is 11.2. The summed E-state index contributed by atoms with van der Waals surface area (Å²) in [7, 11) is -4.02. The van der Waals surface area contributed by atoms with Gasteiger partial charge in [0.15, 0.2) is 0 Å². The highest BCUT2D eigenvalue weighted by molar-refractivity contribution is 7.99. The summed E-state index contributed by atoms with van der Waals surface area (Å²) in [6, 6.07) is 26.9. The third kappa shape index (κ3) is 6.06. The van der Waals surface area contributed by atoms with Crippen molar-refractivity contribution < 1.29 is 13.2 Å². The molecular weight excluding hydrogens is 500 g/mol. The van der Waals surface area contributed by atoms with Crippen LogP contribution < -0.4 is 10.0 Å². The van der Waals surface area contributed by atoms with E-state index in [1.807, 2.05) is 74.5 Å². The molecule has 0 fully saturated rings. The molecule has 0 heterocycles. The first-order valence-corrected chi connectivity index (χ1v) is 13.4. The number of carbonyl (C=O) groups excluding carboxylic acids is 1. The molecule has 0 aromatic heterocycles. The summed E-state index contributed by atoms with van der Waals surface area (Å²) < 4.78 is 28.8. The monoisotopic (exact) mass is 522 g/mol. The first kappa shape index (κ1) is 24.9. The maximum atomic E-state index is 13.1. The number of para-hydroxylation sites is 1. The number of carbonyl (C=O) groups is 1. The standard InChI is InChI=1S/C27H23ClN2O3S2/c1-18-12-15-23(19(2)16-18)30-35(32,33)26-17-20(13-14-22(26)28)27(31)29-24-10-6-7-11-25(24)34-21-8-4-3-5-9-21/h3-17,30H,1-2H3,(H,29,31). The number of rotatable bonds is 7. The first-order chi connectivity index (χ1) is 16.7. The van der Waals surface area contributed by atoms with Crippen molar-refractivity contribution in [3.05, 3.63) is 113 Å². The minimum Gasteiger partial charge on any atom is -0.321 e. The molecule has 0 aliphatic rings. The second-order valence-electron chi connectivity index (χ2n) is 7.93. The zero-order valence-corrected chi connectivity index (χ0v) is 21.5. The first-order valence-electron chi connectivity index (χ1n) is 10.8. The number of sulfonamides is 1. The van der Waals surface area contributed by atoms with Crippen molar-refractivity contribution >= 4 is 50.7 Å². The molecule has 0 bridgehead atoms. The van der Waals surface area contributed by atoms with Crippen molar-refractivity contribution in [1.29, 1.82) is 0 Å². The van der Waals surface area contributed by atoms with E-state index in [1.54, 1.807) is 12.1 Å². The van der Waals surface area contributed by atoms with E-state index >= 15 is 0 Å². The summed E-state index contributed by atoms with van der Waals surface area (Å²) in [5.74, 6) is -0.439. The van der Waals surface area contributed by atoms with Gasteiger partial charge in [0.1, 0.15) is 4.90 Å². The van der Waals surface area contributed by atoms with Crippen LogP contribution in [-0.4, -0.2) is 14.3 Å². The molecule has 0 atom stereocenters. The van der Waals surface area contributed by atoms with Gasteiger partial charge in [0.2, 0.25) is 0 Å². The van der Waals surface area contributed by atoms with Gasteiger partial charge in [0, 0.05) is 15.4 Å². The van der Waals surface area contributed by atoms with Crippen molar-refractivity contribution in [2.45, 2.75) is 28.5 Å². The molecule has 178 valence electrons. The topological polar surface area (TPSA) is 75.3 Å². The van der Waals surface area contributed by atoms with E-state index in [1.165, 1.54) is 30.0 Å². The van der Waals surface area contributed by atoms with Gasteiger partial charge in [-0.2, -0.15) is 0 Å². The highest BCUT2D eigenvalue weighted by Gasteiger charge is 2.21. The number of anilines is 2. The maximum Gasteiger partial charge on any atom is 0.263 e. The molecule has 4 rings (SSSR count). The van der Waals surface area contributed by atoms with Gasteiger partial charge in [0.05, 0.1) is 16.4 Å². The van der Waals surface area contributed by atoms with Crippen LogP contribution in [0.25, 0.3) is 0 Å². The Bertz CT molecular complexity index is 1490. The molecule has 1 amide bonds. The second kappa shape index (κ2) is 10.6. The fraction of sp³-hybridized carbons (Fsp3) is 0.0741. The summed E-state index contributed by atoms with van der Waals surface area (Å²) in [5.41, 5.74) is 3.06. The zero-order chi connectivity index (χ0) is 25.0. The molecule has 0 aliphatic heterocycles. The smallest absolute Gasteiger partial charge is 0.263 e. The van der Waals surface area contributed by atoms with Gasteiger partial charge in [-0.3, -0.25) is 9.52 Å². The van der Waals surface area contributed by atoms with Crippen molar-refractivity contribution in [3.8, 4) is 0 Å². The Morgan fingerprint density at radius 2 is 1.54 bits per heavy atom. The summed E-state index contributed by atoms with van der Waals surface area (Å²) >= 11 is 7.76. The molecule has 4 aromatic rings. The van der Waals surface area contributed by atoms with Gasteiger partial charge in [-0.15, -0.1) is 0 Å². The second-order valence-corrected chi connectivity index (χ2v) is 11.1. The summed E-state index contributed by atoms with van der Waals surface area (Å²) in [6.45, 7) is 3.75. The van der Waals surface area contributed by atoms with Gasteiger partial charge in [0.25, 0.3) is 15.9 Å². The molecule has 8 heteroatoms. The summed E-state index contributed by atoms with van der Waals surface area (Å²) in [4.78, 5) is 14.8. The van der Waals surface area contributed by atoms with Crippen LogP contribution in [0, 0.1) is 13.8 Å². The molecule has 35 heavy (non-hydrogen) atoms. The van der Waals surface area contributed by atoms with Gasteiger partial charge >= 0.3 is 0 Å². The third-order valence-electron chi connectivity index (χ3n) is 5.22. The van der Waals surface area contributed by atoms with Crippen molar-refractivity contribution in [1.82, 2.24) is 0 Å². The number of hydrogen-bond acceptors (Lipinski definition) is 4. The minimum atomic E-state index is -4.02. The predicted molar refractivity (Wildman–Crippen MR) is 143 cm³/mol. The number of aryl methyl sites for hydroxylation is 2. The van der Waals surface area contributed by atoms with E-state index in [0.29, 0.717) is 11.4 Å². The number of nitrogens with one attached hydrogen (secondary N) is 2. The van der Waals surface area contributed by atoms with Crippen LogP contribution in [0.2, 0.25) is 5.02 Å². The zero-order valence-electron chi connectivity index (χ0n) is 19.1. The number of hydrogen-bond donors (Lipinski definition) is 2. The van der Waals surface area contributed by atoms with E-state index in [-0.39, 0.29) is 15.5 Å². The highest BCUT2D eigenvalue weighted by atomic mass is 35.5. The molecule has 0 aliphatic carbocycles. The molecule has 0 saturated carbocycles. The van der Waals surface area contributed by atoms with E-state index in [9.17, 15) is 13.2 Å². The van der Waals surface area contributed by atoms with Crippen molar-refractivity contribution in [2.24, 2.45) is 0 Å². The number of amides is 1. The summed E-state index contributed by atoms with van der Waals surface area (Å²) in [6.07, 6.45) is 0. The van der Waals surface area contributed by atoms with Gasteiger partial charge in [-0.25, -0.2) is 8.42 Å². The third-order valence-corrected chi connectivity index (χ3v) is 8.15. The Hall–Kier alpha value is -3.26. The fourth-order valence-corrected chi connectivity index (χ4v) is 6.03. The molecular formula is C27H23ClN2O3S2. The lowest BCUT2D eigenvalue weighted by molar-refractivity contribution is 0.102. The average molecular weight is 523 g/mol. The van der Waals surface area contributed by atoms with Gasteiger partial charge in [-0.05, 0) is 67.9 Å². The van der Waals surface area contributed by atoms with Crippen LogP contribution >= 0.6 is 23.4 Å². The van der Waals surface area contributed by atoms with E-state index in [0.717, 1.165) is 20.9 Å². The quantitative estimate of drug-likeness (QED) is 0.270. The summed E-state index contributed by atoms with van der Waals surface area (Å²) in [5, 5.41) is 2.92. The Morgan fingerprint density at radius 1 is 0.829 bits per heavy atom. The highest BCUT2D eigenvalue weighted by Crippen LogP contribution is 2.34. The molecule has 0 unspecified atom stereocenters. The maximum absolute atomic E-state index is 13.1. The molecule has 5 nitrogen and oxygen atoms in total. The molecule has 0 radical (unpaired) electrons. The predicted octanol–water partition coefficient (Wildman–Crippen LogP) is 7.16. The average Bonchev–Trinajstić information content (AvgIpc) is 2.83. The van der Waals surface area contributed by atoms with Crippen LogP contribution in [0.3, 0.4) is 0 Å². The Morgan fingerprint density at radius 3 is 2.29 bits per heavy atom. The van der Waals surface area contributed by atoms with Crippen LogP contribution in [0.15, 0.2) is 106 Å². The van der Waals surface area contributed by atoms with Gasteiger partial charge in [-0.1, -0.05) is 71.4 Å². The lowest BCUT2D eigenvalue weighted by atomic mass is 10.1. The van der Waals surface area contributed by atoms with Crippen LogP contribution in [0.4, 0.5) is 11.4 Å². The number of benzene rings is 4.